The molecule has 0 aliphatic carbocycles. The Morgan fingerprint density at radius 1 is 0.629 bits per heavy atom. The summed E-state index contributed by atoms with van der Waals surface area (Å²) in [6.07, 6.45) is 0. The second kappa shape index (κ2) is 11.0. The van der Waals surface area contributed by atoms with Crippen molar-refractivity contribution in [1.29, 1.82) is 0 Å². The van der Waals surface area contributed by atoms with Crippen molar-refractivity contribution < 1.29 is 14.3 Å². The van der Waals surface area contributed by atoms with E-state index in [4.69, 9.17) is 9.16 Å². The van der Waals surface area contributed by atoms with Crippen molar-refractivity contribution >= 4 is 18.7 Å². The minimum atomic E-state index is -2.65. The molecule has 35 heavy (non-hydrogen) atoms. The third-order valence-electron chi connectivity index (χ3n) is 6.33. The molecule has 0 radical (unpaired) electrons. The Morgan fingerprint density at radius 3 is 1.66 bits per heavy atom. The van der Waals surface area contributed by atoms with Gasteiger partial charge in [-0.25, -0.2) is 0 Å². The summed E-state index contributed by atoms with van der Waals surface area (Å²) in [6, 6.07) is 37.3. The minimum absolute atomic E-state index is 0.0469. The molecule has 0 aliphatic rings. The Hall–Kier alpha value is -3.18. The molecule has 0 saturated heterocycles. The van der Waals surface area contributed by atoms with Gasteiger partial charge in [-0.15, -0.1) is 0 Å². The van der Waals surface area contributed by atoms with E-state index in [-0.39, 0.29) is 11.6 Å². The topological polar surface area (TPSA) is 38.7 Å². The lowest BCUT2D eigenvalue weighted by Crippen LogP contribution is -2.66. The van der Waals surface area contributed by atoms with Crippen molar-refractivity contribution in [2.45, 2.75) is 45.6 Å². The zero-order valence-electron chi connectivity index (χ0n) is 20.8. The van der Waals surface area contributed by atoms with Crippen LogP contribution < -0.4 is 15.1 Å². The molecule has 0 aromatic heterocycles. The van der Waals surface area contributed by atoms with Crippen LogP contribution in [0.3, 0.4) is 0 Å². The molecule has 4 heteroatoms. The SMILES string of the molecule is CC(C)(C)[Si](OCc1cc(CO)cc(OCc2ccccc2)c1)(c1ccccc1)c1ccccc1. The Labute approximate surface area is 210 Å². The van der Waals surface area contributed by atoms with Crippen molar-refractivity contribution in [1.82, 2.24) is 0 Å². The van der Waals surface area contributed by atoms with Crippen LogP contribution in [0.5, 0.6) is 5.75 Å². The van der Waals surface area contributed by atoms with Gasteiger partial charge in [0.15, 0.2) is 0 Å². The molecule has 4 rings (SSSR count). The number of hydrogen-bond acceptors (Lipinski definition) is 3. The van der Waals surface area contributed by atoms with E-state index in [1.165, 1.54) is 10.4 Å². The molecule has 0 atom stereocenters. The third-order valence-corrected chi connectivity index (χ3v) is 11.3. The second-order valence-corrected chi connectivity index (χ2v) is 14.2. The molecule has 0 heterocycles. The van der Waals surface area contributed by atoms with Crippen LogP contribution in [-0.4, -0.2) is 13.4 Å². The maximum absolute atomic E-state index is 9.90. The van der Waals surface area contributed by atoms with Crippen LogP contribution in [0, 0.1) is 0 Å². The third kappa shape index (κ3) is 5.73. The van der Waals surface area contributed by atoms with Crippen LogP contribution in [0.4, 0.5) is 0 Å². The quantitative estimate of drug-likeness (QED) is 0.305. The highest BCUT2D eigenvalue weighted by Gasteiger charge is 2.50. The highest BCUT2D eigenvalue weighted by Crippen LogP contribution is 2.37. The first kappa shape index (κ1) is 24.9. The lowest BCUT2D eigenvalue weighted by atomic mass is 10.1. The van der Waals surface area contributed by atoms with Crippen LogP contribution in [0.15, 0.2) is 109 Å². The van der Waals surface area contributed by atoms with Gasteiger partial charge in [0, 0.05) is 0 Å². The smallest absolute Gasteiger partial charge is 0.261 e. The fraction of sp³-hybridized carbons (Fsp3) is 0.226. The van der Waals surface area contributed by atoms with Gasteiger partial charge in [-0.05, 0) is 44.2 Å². The largest absolute Gasteiger partial charge is 0.489 e. The molecule has 3 nitrogen and oxygen atoms in total. The number of aliphatic hydroxyl groups is 1. The molecule has 0 unspecified atom stereocenters. The van der Waals surface area contributed by atoms with E-state index in [0.717, 1.165) is 22.4 Å². The number of benzene rings is 4. The van der Waals surface area contributed by atoms with Gasteiger partial charge in [0.1, 0.15) is 12.4 Å². The first-order chi connectivity index (χ1) is 16.9. The fourth-order valence-electron chi connectivity index (χ4n) is 4.68. The second-order valence-electron chi connectivity index (χ2n) is 9.87. The molecule has 0 bridgehead atoms. The van der Waals surface area contributed by atoms with E-state index in [1.54, 1.807) is 0 Å². The van der Waals surface area contributed by atoms with Crippen LogP contribution in [0.2, 0.25) is 5.04 Å². The van der Waals surface area contributed by atoms with Gasteiger partial charge >= 0.3 is 0 Å². The average molecular weight is 483 g/mol. The zero-order valence-corrected chi connectivity index (χ0v) is 21.8. The van der Waals surface area contributed by atoms with Crippen molar-refractivity contribution in [3.05, 3.63) is 126 Å². The summed E-state index contributed by atoms with van der Waals surface area (Å²) >= 11 is 0. The Kier molecular flexibility index (Phi) is 7.86. The first-order valence-corrected chi connectivity index (χ1v) is 14.0. The molecular formula is C31H34O3Si. The predicted octanol–water partition coefficient (Wildman–Crippen LogP) is 5.83. The monoisotopic (exact) mass is 482 g/mol. The van der Waals surface area contributed by atoms with Gasteiger partial charge in [0.2, 0.25) is 0 Å². The van der Waals surface area contributed by atoms with Gasteiger partial charge in [-0.3, -0.25) is 0 Å². The summed E-state index contributed by atoms with van der Waals surface area (Å²) in [5, 5.41) is 12.3. The molecule has 4 aromatic rings. The van der Waals surface area contributed by atoms with Crippen LogP contribution in [0.25, 0.3) is 0 Å². The Bertz CT molecular complexity index is 1160. The van der Waals surface area contributed by atoms with E-state index in [2.05, 4.69) is 81.4 Å². The van der Waals surface area contributed by atoms with Gasteiger partial charge in [-0.2, -0.15) is 0 Å². The standard InChI is InChI=1S/C31H34O3Si/c1-31(2,3)35(29-15-9-5-10-16-29,30-17-11-6-12-18-30)34-24-27-19-26(22-32)20-28(21-27)33-23-25-13-7-4-8-14-25/h4-21,32H,22-24H2,1-3H3. The predicted molar refractivity (Wildman–Crippen MR) is 146 cm³/mol. The highest BCUT2D eigenvalue weighted by atomic mass is 28.4. The molecule has 0 aliphatic heterocycles. The highest BCUT2D eigenvalue weighted by molar-refractivity contribution is 6.99. The first-order valence-electron chi connectivity index (χ1n) is 12.1. The van der Waals surface area contributed by atoms with E-state index in [1.807, 2.05) is 48.5 Å². The lowest BCUT2D eigenvalue weighted by Gasteiger charge is -2.43. The number of hydrogen-bond donors (Lipinski definition) is 1. The van der Waals surface area contributed by atoms with Crippen molar-refractivity contribution in [3.8, 4) is 5.75 Å². The summed E-state index contributed by atoms with van der Waals surface area (Å²) in [5.41, 5.74) is 2.91. The van der Waals surface area contributed by atoms with Crippen LogP contribution in [0.1, 0.15) is 37.5 Å². The fourth-order valence-corrected chi connectivity index (χ4v) is 9.22. The summed E-state index contributed by atoms with van der Waals surface area (Å²) in [5.74, 6) is 0.737. The van der Waals surface area contributed by atoms with Crippen molar-refractivity contribution in [3.63, 3.8) is 0 Å². The molecule has 180 valence electrons. The molecule has 0 spiro atoms. The summed E-state index contributed by atoms with van der Waals surface area (Å²) in [7, 11) is -2.65. The zero-order chi connectivity index (χ0) is 24.7. The maximum atomic E-state index is 9.90. The van der Waals surface area contributed by atoms with E-state index >= 15 is 0 Å². The van der Waals surface area contributed by atoms with Crippen LogP contribution >= 0.6 is 0 Å². The Morgan fingerprint density at radius 2 is 1.14 bits per heavy atom. The van der Waals surface area contributed by atoms with Gasteiger partial charge in [-0.1, -0.05) is 118 Å². The normalized spacial score (nSPS) is 11.9. The molecular weight excluding hydrogens is 448 g/mol. The lowest BCUT2D eigenvalue weighted by molar-refractivity contribution is 0.271. The van der Waals surface area contributed by atoms with E-state index in [0.29, 0.717) is 13.2 Å². The molecule has 1 N–H and O–H groups in total. The van der Waals surface area contributed by atoms with Gasteiger partial charge < -0.3 is 14.3 Å². The number of ether oxygens (including phenoxy) is 1. The van der Waals surface area contributed by atoms with Gasteiger partial charge in [0.05, 0.1) is 13.2 Å². The van der Waals surface area contributed by atoms with Crippen molar-refractivity contribution in [2.75, 3.05) is 0 Å². The van der Waals surface area contributed by atoms with E-state index < -0.39 is 8.32 Å². The number of rotatable bonds is 9. The summed E-state index contributed by atoms with van der Waals surface area (Å²) in [4.78, 5) is 0. The molecule has 0 fully saturated rings. The van der Waals surface area contributed by atoms with Crippen molar-refractivity contribution in [2.24, 2.45) is 0 Å². The molecule has 4 aromatic carbocycles. The summed E-state index contributed by atoms with van der Waals surface area (Å²) in [6.45, 7) is 7.69. The summed E-state index contributed by atoms with van der Waals surface area (Å²) < 4.78 is 13.2. The average Bonchev–Trinajstić information content (AvgIpc) is 2.89. The Balaban J connectivity index is 1.67. The number of aliphatic hydroxyl groups excluding tert-OH is 1. The minimum Gasteiger partial charge on any atom is -0.489 e. The van der Waals surface area contributed by atoms with Gasteiger partial charge in [0.25, 0.3) is 8.32 Å². The maximum Gasteiger partial charge on any atom is 0.261 e. The molecule has 0 amide bonds. The van der Waals surface area contributed by atoms with Crippen LogP contribution in [-0.2, 0) is 24.2 Å². The molecule has 0 saturated carbocycles. The van der Waals surface area contributed by atoms with E-state index in [9.17, 15) is 5.11 Å².